The molecule has 1 aliphatic heterocycles. The average molecular weight is 417 g/mol. The molecule has 1 saturated heterocycles. The van der Waals surface area contributed by atoms with Gasteiger partial charge in [-0.1, -0.05) is 24.3 Å². The van der Waals surface area contributed by atoms with Crippen LogP contribution >= 0.6 is 0 Å². The zero-order valence-corrected chi connectivity index (χ0v) is 17.2. The van der Waals surface area contributed by atoms with Crippen LogP contribution in [0.4, 0.5) is 5.95 Å². The van der Waals surface area contributed by atoms with Gasteiger partial charge in [0.2, 0.25) is 5.95 Å². The van der Waals surface area contributed by atoms with Gasteiger partial charge in [-0.3, -0.25) is 0 Å². The van der Waals surface area contributed by atoms with E-state index in [4.69, 9.17) is 19.4 Å². The minimum absolute atomic E-state index is 0.190. The molecule has 31 heavy (non-hydrogen) atoms. The molecule has 0 saturated carbocycles. The maximum atomic E-state index is 10.0. The minimum atomic E-state index is 0.190. The van der Waals surface area contributed by atoms with Crippen LogP contribution in [0.15, 0.2) is 54.9 Å². The van der Waals surface area contributed by atoms with E-state index < -0.39 is 0 Å². The molecule has 0 amide bonds. The van der Waals surface area contributed by atoms with Gasteiger partial charge in [-0.15, -0.1) is 0 Å². The Hall–Kier alpha value is -3.65. The second kappa shape index (κ2) is 8.23. The van der Waals surface area contributed by atoms with Crippen LogP contribution in [-0.4, -0.2) is 58.0 Å². The molecule has 8 nitrogen and oxygen atoms in total. The Morgan fingerprint density at radius 1 is 1.06 bits per heavy atom. The number of nitrogens with zero attached hydrogens (tertiary/aromatic N) is 5. The second-order valence-electron chi connectivity index (χ2n) is 7.41. The Bertz CT molecular complexity index is 1200. The van der Waals surface area contributed by atoms with E-state index in [2.05, 4.69) is 9.88 Å². The highest BCUT2D eigenvalue weighted by Gasteiger charge is 2.20. The van der Waals surface area contributed by atoms with E-state index in [1.807, 2.05) is 34.9 Å². The fraction of sp³-hybridized carbons (Fsp3) is 0.261. The summed E-state index contributed by atoms with van der Waals surface area (Å²) >= 11 is 0. The van der Waals surface area contributed by atoms with E-state index >= 15 is 0 Å². The molecule has 1 N–H and O–H groups in total. The van der Waals surface area contributed by atoms with Crippen molar-refractivity contribution in [2.45, 2.75) is 6.54 Å². The highest BCUT2D eigenvalue weighted by Crippen LogP contribution is 2.30. The van der Waals surface area contributed by atoms with Crippen molar-refractivity contribution in [3.63, 3.8) is 0 Å². The monoisotopic (exact) mass is 417 g/mol. The number of methoxy groups -OCH3 is 1. The van der Waals surface area contributed by atoms with Crippen molar-refractivity contribution >= 4 is 17.1 Å². The number of hydrogen-bond acceptors (Lipinski definition) is 7. The zero-order valence-electron chi connectivity index (χ0n) is 17.2. The summed E-state index contributed by atoms with van der Waals surface area (Å²) in [7, 11) is 1.66. The first-order valence-corrected chi connectivity index (χ1v) is 10.2. The standard InChI is InChI=1S/C23H23N5O3/c1-30-19-7-5-16(6-8-19)14-28-15-24-21-20(17-3-2-4-18(29)13-17)25-23(26-22(21)28)27-9-11-31-12-10-27/h2-8,13,15,29H,9-12,14H2,1H3. The first-order valence-electron chi connectivity index (χ1n) is 10.2. The van der Waals surface area contributed by atoms with Gasteiger partial charge in [-0.05, 0) is 29.8 Å². The van der Waals surface area contributed by atoms with E-state index in [0.29, 0.717) is 36.9 Å². The van der Waals surface area contributed by atoms with E-state index in [0.717, 1.165) is 35.6 Å². The molecule has 0 atom stereocenters. The first kappa shape index (κ1) is 19.3. The van der Waals surface area contributed by atoms with Crippen LogP contribution in [-0.2, 0) is 11.3 Å². The third-order valence-corrected chi connectivity index (χ3v) is 5.38. The average Bonchev–Trinajstić information content (AvgIpc) is 3.22. The lowest BCUT2D eigenvalue weighted by Gasteiger charge is -2.27. The number of phenolic OH excluding ortho intramolecular Hbond substituents is 1. The van der Waals surface area contributed by atoms with Crippen LogP contribution in [0, 0.1) is 0 Å². The number of fused-ring (bicyclic) bond motifs is 1. The molecule has 3 heterocycles. The largest absolute Gasteiger partial charge is 0.508 e. The molecule has 0 radical (unpaired) electrons. The van der Waals surface area contributed by atoms with Crippen molar-refractivity contribution in [1.29, 1.82) is 0 Å². The van der Waals surface area contributed by atoms with Crippen molar-refractivity contribution in [2.75, 3.05) is 38.3 Å². The smallest absolute Gasteiger partial charge is 0.228 e. The van der Waals surface area contributed by atoms with Crippen LogP contribution < -0.4 is 9.64 Å². The van der Waals surface area contributed by atoms with E-state index in [1.165, 1.54) is 0 Å². The molecule has 0 bridgehead atoms. The number of hydrogen-bond donors (Lipinski definition) is 1. The molecule has 0 spiro atoms. The Morgan fingerprint density at radius 2 is 1.87 bits per heavy atom. The summed E-state index contributed by atoms with van der Waals surface area (Å²) in [4.78, 5) is 16.5. The molecule has 158 valence electrons. The molecule has 0 aliphatic carbocycles. The number of rotatable bonds is 5. The molecule has 8 heteroatoms. The molecule has 0 unspecified atom stereocenters. The molecular formula is C23H23N5O3. The third kappa shape index (κ3) is 3.89. The summed E-state index contributed by atoms with van der Waals surface area (Å²) in [5.74, 6) is 1.66. The number of imidazole rings is 1. The number of anilines is 1. The Kier molecular flexibility index (Phi) is 5.13. The van der Waals surface area contributed by atoms with Gasteiger partial charge in [-0.2, -0.15) is 4.98 Å². The molecule has 2 aromatic heterocycles. The Morgan fingerprint density at radius 3 is 2.61 bits per heavy atom. The lowest BCUT2D eigenvalue weighted by atomic mass is 10.1. The topological polar surface area (TPSA) is 85.5 Å². The van der Waals surface area contributed by atoms with Crippen molar-refractivity contribution in [2.24, 2.45) is 0 Å². The van der Waals surface area contributed by atoms with Crippen molar-refractivity contribution < 1.29 is 14.6 Å². The van der Waals surface area contributed by atoms with Crippen LogP contribution in [0.2, 0.25) is 0 Å². The fourth-order valence-electron chi connectivity index (χ4n) is 3.74. The number of benzene rings is 2. The van der Waals surface area contributed by atoms with E-state index in [-0.39, 0.29) is 5.75 Å². The SMILES string of the molecule is COc1ccc(Cn2cnc3c(-c4cccc(O)c4)nc(N4CCOCC4)nc32)cc1. The molecular weight excluding hydrogens is 394 g/mol. The van der Waals surface area contributed by atoms with Gasteiger partial charge in [0.25, 0.3) is 0 Å². The van der Waals surface area contributed by atoms with Gasteiger partial charge in [-0.25, -0.2) is 9.97 Å². The lowest BCUT2D eigenvalue weighted by Crippen LogP contribution is -2.37. The summed E-state index contributed by atoms with van der Waals surface area (Å²) in [5, 5.41) is 10.0. The van der Waals surface area contributed by atoms with Crippen molar-refractivity contribution in [1.82, 2.24) is 19.5 Å². The van der Waals surface area contributed by atoms with Crippen LogP contribution in [0.3, 0.4) is 0 Å². The lowest BCUT2D eigenvalue weighted by molar-refractivity contribution is 0.122. The zero-order chi connectivity index (χ0) is 21.2. The molecule has 1 aliphatic rings. The van der Waals surface area contributed by atoms with Gasteiger partial charge < -0.3 is 24.0 Å². The highest BCUT2D eigenvalue weighted by molar-refractivity contribution is 5.88. The van der Waals surface area contributed by atoms with Crippen LogP contribution in [0.5, 0.6) is 11.5 Å². The first-order chi connectivity index (χ1) is 15.2. The second-order valence-corrected chi connectivity index (χ2v) is 7.41. The third-order valence-electron chi connectivity index (χ3n) is 5.38. The summed E-state index contributed by atoms with van der Waals surface area (Å²) in [6.45, 7) is 3.39. The number of morpholine rings is 1. The Labute approximate surface area is 179 Å². The number of aromatic hydroxyl groups is 1. The quantitative estimate of drug-likeness (QED) is 0.534. The van der Waals surface area contributed by atoms with Gasteiger partial charge in [0, 0.05) is 18.7 Å². The molecule has 4 aromatic rings. The fourth-order valence-corrected chi connectivity index (χ4v) is 3.74. The minimum Gasteiger partial charge on any atom is -0.508 e. The maximum absolute atomic E-state index is 10.0. The number of ether oxygens (including phenoxy) is 2. The van der Waals surface area contributed by atoms with Crippen LogP contribution in [0.25, 0.3) is 22.4 Å². The Balaban J connectivity index is 1.61. The van der Waals surface area contributed by atoms with Crippen molar-refractivity contribution in [3.05, 3.63) is 60.4 Å². The number of aromatic nitrogens is 4. The van der Waals surface area contributed by atoms with Gasteiger partial charge >= 0.3 is 0 Å². The van der Waals surface area contributed by atoms with Gasteiger partial charge in [0.15, 0.2) is 5.65 Å². The summed E-state index contributed by atoms with van der Waals surface area (Å²) in [6.07, 6.45) is 1.79. The van der Waals surface area contributed by atoms with Crippen molar-refractivity contribution in [3.8, 4) is 22.8 Å². The summed E-state index contributed by atoms with van der Waals surface area (Å²) in [6, 6.07) is 15.0. The summed E-state index contributed by atoms with van der Waals surface area (Å²) < 4.78 is 12.8. The molecule has 5 rings (SSSR count). The highest BCUT2D eigenvalue weighted by atomic mass is 16.5. The summed E-state index contributed by atoms with van der Waals surface area (Å²) in [5.41, 5.74) is 4.08. The molecule has 2 aromatic carbocycles. The van der Waals surface area contributed by atoms with Gasteiger partial charge in [0.1, 0.15) is 22.7 Å². The van der Waals surface area contributed by atoms with Gasteiger partial charge in [0.05, 0.1) is 33.2 Å². The van der Waals surface area contributed by atoms with E-state index in [1.54, 1.807) is 31.6 Å². The van der Waals surface area contributed by atoms with Crippen LogP contribution in [0.1, 0.15) is 5.56 Å². The normalized spacial score (nSPS) is 14.2. The number of phenols is 1. The maximum Gasteiger partial charge on any atom is 0.228 e. The predicted molar refractivity (Wildman–Crippen MR) is 118 cm³/mol. The predicted octanol–water partition coefficient (Wildman–Crippen LogP) is 3.09. The molecule has 1 fully saturated rings. The van der Waals surface area contributed by atoms with E-state index in [9.17, 15) is 5.11 Å².